The summed E-state index contributed by atoms with van der Waals surface area (Å²) in [4.78, 5) is 13.1. The predicted molar refractivity (Wildman–Crippen MR) is 264 cm³/mol. The van der Waals surface area contributed by atoms with Gasteiger partial charge in [-0.15, -0.1) is 0 Å². The molecular weight excluding hydrogens is 769 g/mol. The Hall–Kier alpha value is -8.47. The molecule has 0 aliphatic heterocycles. The van der Waals surface area contributed by atoms with E-state index in [0.29, 0.717) is 5.58 Å². The number of aromatic nitrogens is 1. The fraction of sp³-hybridized carbons (Fsp3) is 0. The molecule has 2 heterocycles. The maximum atomic E-state index is 10.7. The van der Waals surface area contributed by atoms with E-state index >= 15 is 0 Å². The SMILES string of the molecule is O=c1ccc2ccccc2o1.c1ccc(-c2c3ccccc3c(-c3ccccc3)c3cc(N(c4ccccc4)c4ccc5c(c4)c4ccccc4n5-c4ccccc4)ccc23)cc1. The number of benzene rings is 10. The molecule has 12 rings (SSSR count). The van der Waals surface area contributed by atoms with Crippen LogP contribution in [0.25, 0.3) is 82.3 Å². The lowest BCUT2D eigenvalue weighted by Gasteiger charge is -2.27. The van der Waals surface area contributed by atoms with Crippen molar-refractivity contribution < 1.29 is 4.42 Å². The quantitative estimate of drug-likeness (QED) is 0.124. The maximum absolute atomic E-state index is 10.7. The molecule has 0 aliphatic rings. The summed E-state index contributed by atoms with van der Waals surface area (Å²) in [5.41, 5.74) is 12.2. The lowest BCUT2D eigenvalue weighted by atomic mass is 9.85. The van der Waals surface area contributed by atoms with Crippen molar-refractivity contribution >= 4 is 71.4 Å². The summed E-state index contributed by atoms with van der Waals surface area (Å²) < 4.78 is 7.28. The standard InChI is InChI=1S/C50H34N2.C9H6O2/c1-5-17-35(18-6-1)49-42-26-13-14-27-43(42)50(36-19-7-2-8-20-36)46-34-39(29-31-44(46)49)51(37-21-9-3-10-22-37)40-30-32-48-45(33-40)41-25-15-16-28-47(41)52(48)38-23-11-4-12-24-38;10-9-6-5-7-3-1-2-4-8(7)11-9/h1-34H;1-6H. The highest BCUT2D eigenvalue weighted by atomic mass is 16.4. The first kappa shape index (κ1) is 37.5. The van der Waals surface area contributed by atoms with Crippen molar-refractivity contribution in [2.75, 3.05) is 4.90 Å². The van der Waals surface area contributed by atoms with Gasteiger partial charge in [0.05, 0.1) is 11.0 Å². The summed E-state index contributed by atoms with van der Waals surface area (Å²) in [6.07, 6.45) is 0. The molecule has 0 amide bonds. The topological polar surface area (TPSA) is 38.4 Å². The van der Waals surface area contributed by atoms with Crippen LogP contribution in [-0.2, 0) is 0 Å². The number of rotatable bonds is 6. The van der Waals surface area contributed by atoms with Crippen molar-refractivity contribution in [3.8, 4) is 27.9 Å². The van der Waals surface area contributed by atoms with E-state index < -0.39 is 0 Å². The van der Waals surface area contributed by atoms with Gasteiger partial charge in [0.15, 0.2) is 0 Å². The van der Waals surface area contributed by atoms with Gasteiger partial charge in [-0.05, 0) is 117 Å². The van der Waals surface area contributed by atoms with Gasteiger partial charge in [-0.1, -0.05) is 164 Å². The largest absolute Gasteiger partial charge is 0.423 e. The van der Waals surface area contributed by atoms with Gasteiger partial charge >= 0.3 is 5.63 Å². The fourth-order valence-electron chi connectivity index (χ4n) is 9.13. The van der Waals surface area contributed by atoms with Crippen molar-refractivity contribution in [1.29, 1.82) is 0 Å². The minimum atomic E-state index is -0.302. The molecule has 0 saturated carbocycles. The molecule has 298 valence electrons. The van der Waals surface area contributed by atoms with Crippen molar-refractivity contribution in [1.82, 2.24) is 4.57 Å². The Balaban J connectivity index is 0.000000351. The second-order valence-electron chi connectivity index (χ2n) is 15.6. The zero-order valence-corrected chi connectivity index (χ0v) is 34.3. The first-order valence-electron chi connectivity index (χ1n) is 21.2. The number of anilines is 3. The van der Waals surface area contributed by atoms with Crippen LogP contribution in [0.3, 0.4) is 0 Å². The molecule has 4 nitrogen and oxygen atoms in total. The van der Waals surface area contributed by atoms with Crippen molar-refractivity contribution in [3.05, 3.63) is 253 Å². The zero-order chi connectivity index (χ0) is 42.1. The van der Waals surface area contributed by atoms with E-state index in [-0.39, 0.29) is 5.63 Å². The minimum absolute atomic E-state index is 0.302. The van der Waals surface area contributed by atoms with Crippen LogP contribution in [-0.4, -0.2) is 4.57 Å². The lowest BCUT2D eigenvalue weighted by Crippen LogP contribution is -2.10. The van der Waals surface area contributed by atoms with Crippen LogP contribution in [0.2, 0.25) is 0 Å². The van der Waals surface area contributed by atoms with Crippen LogP contribution in [0, 0.1) is 0 Å². The Bertz CT molecular complexity index is 3640. The molecular formula is C59H40N2O2. The van der Waals surface area contributed by atoms with Gasteiger partial charge in [-0.3, -0.25) is 0 Å². The van der Waals surface area contributed by atoms with Crippen LogP contribution in [0.1, 0.15) is 0 Å². The second kappa shape index (κ2) is 16.2. The van der Waals surface area contributed by atoms with E-state index in [1.807, 2.05) is 18.2 Å². The van der Waals surface area contributed by atoms with Gasteiger partial charge in [0.25, 0.3) is 0 Å². The molecule has 0 radical (unpaired) electrons. The smallest absolute Gasteiger partial charge is 0.336 e. The first-order chi connectivity index (χ1) is 31.2. The molecule has 10 aromatic carbocycles. The molecule has 12 aromatic rings. The minimum Gasteiger partial charge on any atom is -0.423 e. The van der Waals surface area contributed by atoms with E-state index in [1.54, 1.807) is 12.1 Å². The molecule has 4 heteroatoms. The molecule has 0 fully saturated rings. The molecule has 63 heavy (non-hydrogen) atoms. The highest BCUT2D eigenvalue weighted by Gasteiger charge is 2.21. The number of para-hydroxylation sites is 4. The molecule has 0 aliphatic carbocycles. The molecule has 0 atom stereocenters. The zero-order valence-electron chi connectivity index (χ0n) is 34.3. The Morgan fingerprint density at radius 2 is 0.841 bits per heavy atom. The summed E-state index contributed by atoms with van der Waals surface area (Å²) in [6, 6.07) is 85.2. The summed E-state index contributed by atoms with van der Waals surface area (Å²) >= 11 is 0. The molecule has 2 aromatic heterocycles. The summed E-state index contributed by atoms with van der Waals surface area (Å²) in [7, 11) is 0. The van der Waals surface area contributed by atoms with Crippen LogP contribution >= 0.6 is 0 Å². The van der Waals surface area contributed by atoms with Gasteiger partial charge in [0, 0.05) is 45.0 Å². The van der Waals surface area contributed by atoms with E-state index in [2.05, 4.69) is 216 Å². The third-order valence-electron chi connectivity index (χ3n) is 11.9. The third-order valence-corrected chi connectivity index (χ3v) is 11.9. The first-order valence-corrected chi connectivity index (χ1v) is 21.2. The molecule has 0 saturated heterocycles. The highest BCUT2D eigenvalue weighted by molar-refractivity contribution is 6.22. The molecule has 0 bridgehead atoms. The van der Waals surface area contributed by atoms with E-state index in [1.165, 1.54) is 71.7 Å². The summed E-state index contributed by atoms with van der Waals surface area (Å²) in [5.74, 6) is 0. The van der Waals surface area contributed by atoms with Crippen molar-refractivity contribution in [2.24, 2.45) is 0 Å². The van der Waals surface area contributed by atoms with E-state index in [9.17, 15) is 4.79 Å². The van der Waals surface area contributed by atoms with Gasteiger partial charge < -0.3 is 13.9 Å². The fourth-order valence-corrected chi connectivity index (χ4v) is 9.13. The number of hydrogen-bond donors (Lipinski definition) is 0. The number of fused-ring (bicyclic) bond motifs is 6. The average Bonchev–Trinajstić information content (AvgIpc) is 3.68. The van der Waals surface area contributed by atoms with Crippen LogP contribution in [0.5, 0.6) is 0 Å². The normalized spacial score (nSPS) is 11.2. The van der Waals surface area contributed by atoms with Gasteiger partial charge in [0.2, 0.25) is 0 Å². The Morgan fingerprint density at radius 3 is 1.52 bits per heavy atom. The second-order valence-corrected chi connectivity index (χ2v) is 15.6. The Morgan fingerprint density at radius 1 is 0.349 bits per heavy atom. The molecule has 0 unspecified atom stereocenters. The molecule has 0 N–H and O–H groups in total. The molecule has 0 spiro atoms. The Labute approximate surface area is 364 Å². The average molecular weight is 809 g/mol. The van der Waals surface area contributed by atoms with E-state index in [4.69, 9.17) is 4.42 Å². The van der Waals surface area contributed by atoms with Crippen molar-refractivity contribution in [2.45, 2.75) is 0 Å². The van der Waals surface area contributed by atoms with Crippen LogP contribution < -0.4 is 10.5 Å². The van der Waals surface area contributed by atoms with Crippen LogP contribution in [0.15, 0.2) is 252 Å². The van der Waals surface area contributed by atoms with Crippen molar-refractivity contribution in [3.63, 3.8) is 0 Å². The predicted octanol–water partition coefficient (Wildman–Crippen LogP) is 15.7. The highest BCUT2D eigenvalue weighted by Crippen LogP contribution is 2.47. The maximum Gasteiger partial charge on any atom is 0.336 e. The monoisotopic (exact) mass is 808 g/mol. The van der Waals surface area contributed by atoms with Gasteiger partial charge in [0.1, 0.15) is 5.58 Å². The summed E-state index contributed by atoms with van der Waals surface area (Å²) in [5, 5.41) is 8.38. The number of hydrogen-bond acceptors (Lipinski definition) is 3. The lowest BCUT2D eigenvalue weighted by molar-refractivity contribution is 0.561. The van der Waals surface area contributed by atoms with Crippen LogP contribution in [0.4, 0.5) is 17.1 Å². The Kier molecular flexibility index (Phi) is 9.64. The number of nitrogens with zero attached hydrogens (tertiary/aromatic N) is 2. The van der Waals surface area contributed by atoms with E-state index in [0.717, 1.165) is 28.1 Å². The van der Waals surface area contributed by atoms with Gasteiger partial charge in [-0.2, -0.15) is 0 Å². The third kappa shape index (κ3) is 6.90. The van der Waals surface area contributed by atoms with Gasteiger partial charge in [-0.25, -0.2) is 4.79 Å². The summed E-state index contributed by atoms with van der Waals surface area (Å²) in [6.45, 7) is 0.